The zero-order valence-electron chi connectivity index (χ0n) is 19.5. The summed E-state index contributed by atoms with van der Waals surface area (Å²) in [5.74, 6) is -1.11. The summed E-state index contributed by atoms with van der Waals surface area (Å²) in [4.78, 5) is 41.8. The fourth-order valence-electron chi connectivity index (χ4n) is 5.08. The number of nitrogens with one attached hydrogen (secondary N) is 1. The molecule has 1 unspecified atom stereocenters. The number of anilines is 2. The molecule has 0 radical (unpaired) electrons. The summed E-state index contributed by atoms with van der Waals surface area (Å²) in [6, 6.07) is 10.2. The number of halogens is 1. The van der Waals surface area contributed by atoms with Gasteiger partial charge in [0.15, 0.2) is 0 Å². The molecule has 4 amide bonds. The van der Waals surface area contributed by atoms with Gasteiger partial charge in [-0.25, -0.2) is 9.69 Å². The maximum atomic E-state index is 13.3. The van der Waals surface area contributed by atoms with Crippen LogP contribution in [0, 0.1) is 6.92 Å². The molecule has 4 rings (SSSR count). The second-order valence-corrected chi connectivity index (χ2v) is 9.75. The van der Waals surface area contributed by atoms with Crippen molar-refractivity contribution >= 4 is 46.9 Å². The predicted octanol–water partition coefficient (Wildman–Crippen LogP) is 5.43. The maximum absolute atomic E-state index is 13.3. The van der Waals surface area contributed by atoms with Crippen molar-refractivity contribution in [3.8, 4) is 0 Å². The molecular weight excluding hydrogens is 438 g/mol. The van der Waals surface area contributed by atoms with Crippen molar-refractivity contribution in [1.29, 1.82) is 0 Å². The highest BCUT2D eigenvalue weighted by Gasteiger charge is 2.38. The van der Waals surface area contributed by atoms with Crippen LogP contribution in [0.2, 0.25) is 5.02 Å². The lowest BCUT2D eigenvalue weighted by Crippen LogP contribution is -2.54. The fraction of sp³-hybridized carbons (Fsp3) is 0.346. The molecule has 2 aromatic carbocycles. The van der Waals surface area contributed by atoms with Crippen LogP contribution >= 0.6 is 11.6 Å². The molecule has 6 nitrogen and oxygen atoms in total. The van der Waals surface area contributed by atoms with Gasteiger partial charge < -0.3 is 4.90 Å². The van der Waals surface area contributed by atoms with Crippen molar-refractivity contribution in [2.75, 3.05) is 16.3 Å². The number of fused-ring (bicyclic) bond motifs is 1. The van der Waals surface area contributed by atoms with Gasteiger partial charge in [-0.05, 0) is 81.0 Å². The van der Waals surface area contributed by atoms with Gasteiger partial charge in [-0.2, -0.15) is 0 Å². The van der Waals surface area contributed by atoms with E-state index < -0.39 is 17.8 Å². The molecule has 33 heavy (non-hydrogen) atoms. The highest BCUT2D eigenvalue weighted by atomic mass is 35.5. The first-order valence-electron chi connectivity index (χ1n) is 11.1. The molecule has 2 heterocycles. The van der Waals surface area contributed by atoms with Crippen molar-refractivity contribution in [3.05, 3.63) is 63.7 Å². The number of amides is 4. The van der Waals surface area contributed by atoms with Crippen LogP contribution in [-0.4, -0.2) is 29.9 Å². The van der Waals surface area contributed by atoms with E-state index in [1.165, 1.54) is 6.08 Å². The van der Waals surface area contributed by atoms with Gasteiger partial charge >= 0.3 is 6.03 Å². The average Bonchev–Trinajstić information content (AvgIpc) is 2.72. The molecule has 1 saturated heterocycles. The quantitative estimate of drug-likeness (QED) is 0.485. The van der Waals surface area contributed by atoms with Crippen LogP contribution < -0.4 is 15.1 Å². The van der Waals surface area contributed by atoms with Crippen molar-refractivity contribution in [3.63, 3.8) is 0 Å². The summed E-state index contributed by atoms with van der Waals surface area (Å²) >= 11 is 6.65. The number of carbonyl (C=O) groups excluding carboxylic acids is 3. The molecule has 7 heteroatoms. The second kappa shape index (κ2) is 8.34. The minimum absolute atomic E-state index is 0.00188. The number of hydrogen-bond acceptors (Lipinski definition) is 4. The molecule has 0 spiro atoms. The van der Waals surface area contributed by atoms with E-state index >= 15 is 0 Å². The van der Waals surface area contributed by atoms with Gasteiger partial charge in [0.05, 0.1) is 5.69 Å². The fourth-order valence-corrected chi connectivity index (χ4v) is 5.29. The van der Waals surface area contributed by atoms with Gasteiger partial charge in [0.2, 0.25) is 0 Å². The molecule has 0 saturated carbocycles. The van der Waals surface area contributed by atoms with E-state index in [2.05, 4.69) is 37.9 Å². The number of para-hydroxylation sites is 1. The Hall–Kier alpha value is -3.12. The Morgan fingerprint density at radius 2 is 1.85 bits per heavy atom. The van der Waals surface area contributed by atoms with Crippen molar-refractivity contribution in [1.82, 2.24) is 5.32 Å². The van der Waals surface area contributed by atoms with Gasteiger partial charge in [-0.3, -0.25) is 14.9 Å². The molecule has 1 fully saturated rings. The van der Waals surface area contributed by atoms with Crippen LogP contribution in [0.1, 0.15) is 56.7 Å². The number of benzene rings is 2. The van der Waals surface area contributed by atoms with Crippen LogP contribution in [-0.2, 0) is 9.59 Å². The molecule has 1 atom stereocenters. The van der Waals surface area contributed by atoms with Crippen LogP contribution in [0.4, 0.5) is 16.2 Å². The Morgan fingerprint density at radius 1 is 1.15 bits per heavy atom. The molecule has 172 valence electrons. The predicted molar refractivity (Wildman–Crippen MR) is 132 cm³/mol. The summed E-state index contributed by atoms with van der Waals surface area (Å²) in [5, 5.41) is 2.73. The maximum Gasteiger partial charge on any atom is 0.335 e. The van der Waals surface area contributed by atoms with Crippen molar-refractivity contribution < 1.29 is 14.4 Å². The first-order valence-corrected chi connectivity index (χ1v) is 11.5. The SMILES string of the molecule is CCN1c2cc(Cl)c(/C=C3/C(=O)NC(=O)N(c4ccccc4C)C3=O)cc2C(C)CC1(C)C. The largest absolute Gasteiger partial charge is 0.366 e. The number of barbiturate groups is 1. The monoisotopic (exact) mass is 465 g/mol. The highest BCUT2D eigenvalue weighted by Crippen LogP contribution is 2.45. The van der Waals surface area contributed by atoms with Gasteiger partial charge in [0.1, 0.15) is 5.57 Å². The Kier molecular flexibility index (Phi) is 5.83. The summed E-state index contributed by atoms with van der Waals surface area (Å²) in [6.45, 7) is 11.4. The van der Waals surface area contributed by atoms with Gasteiger partial charge in [-0.15, -0.1) is 0 Å². The molecule has 2 aliphatic heterocycles. The van der Waals surface area contributed by atoms with Gasteiger partial charge in [0.25, 0.3) is 11.8 Å². The third-order valence-electron chi connectivity index (χ3n) is 6.58. The summed E-state index contributed by atoms with van der Waals surface area (Å²) in [5.41, 5.74) is 3.83. The normalized spacial score (nSPS) is 21.3. The Morgan fingerprint density at radius 3 is 2.52 bits per heavy atom. The third kappa shape index (κ3) is 3.93. The lowest BCUT2D eigenvalue weighted by molar-refractivity contribution is -0.122. The number of hydrogen-bond donors (Lipinski definition) is 1. The number of rotatable bonds is 3. The standard InChI is InChI=1S/C26H28ClN3O3/c1-6-29-22-13-20(27)17(11-18(22)16(3)14-26(29,4)5)12-19-23(31)28-25(33)30(24(19)32)21-10-8-7-9-15(21)2/h7-13,16H,6,14H2,1-5H3,(H,28,31,33)/b19-12-. The van der Waals surface area contributed by atoms with E-state index in [0.29, 0.717) is 16.3 Å². The van der Waals surface area contributed by atoms with Crippen LogP contribution in [0.15, 0.2) is 42.0 Å². The van der Waals surface area contributed by atoms with E-state index in [-0.39, 0.29) is 17.0 Å². The summed E-state index contributed by atoms with van der Waals surface area (Å²) < 4.78 is 0. The van der Waals surface area contributed by atoms with Crippen LogP contribution in [0.25, 0.3) is 6.08 Å². The molecular formula is C26H28ClN3O3. The molecule has 0 aliphatic carbocycles. The number of carbonyl (C=O) groups is 3. The van der Waals surface area contributed by atoms with E-state index in [9.17, 15) is 14.4 Å². The lowest BCUT2D eigenvalue weighted by Gasteiger charge is -2.47. The molecule has 2 aromatic rings. The number of aryl methyl sites for hydroxylation is 1. The number of imide groups is 2. The molecule has 2 aliphatic rings. The number of nitrogens with zero attached hydrogens (tertiary/aromatic N) is 2. The van der Waals surface area contributed by atoms with Crippen LogP contribution in [0.3, 0.4) is 0 Å². The van der Waals surface area contributed by atoms with Gasteiger partial charge in [-0.1, -0.05) is 36.7 Å². The van der Waals surface area contributed by atoms with Crippen molar-refractivity contribution in [2.45, 2.75) is 52.5 Å². The summed E-state index contributed by atoms with van der Waals surface area (Å²) in [7, 11) is 0. The smallest absolute Gasteiger partial charge is 0.335 e. The van der Waals surface area contributed by atoms with Crippen LogP contribution in [0.5, 0.6) is 0 Å². The average molecular weight is 466 g/mol. The number of urea groups is 1. The topological polar surface area (TPSA) is 69.7 Å². The lowest BCUT2D eigenvalue weighted by atomic mass is 9.79. The highest BCUT2D eigenvalue weighted by molar-refractivity contribution is 6.40. The molecule has 1 N–H and O–H groups in total. The van der Waals surface area contributed by atoms with Crippen molar-refractivity contribution in [2.24, 2.45) is 0 Å². The molecule has 0 aromatic heterocycles. The first kappa shape index (κ1) is 23.1. The zero-order chi connectivity index (χ0) is 24.1. The summed E-state index contributed by atoms with van der Waals surface area (Å²) in [6.07, 6.45) is 2.46. The minimum atomic E-state index is -0.762. The Balaban J connectivity index is 1.79. The van der Waals surface area contributed by atoms with E-state index in [1.54, 1.807) is 25.1 Å². The zero-order valence-corrected chi connectivity index (χ0v) is 20.3. The van der Waals surface area contributed by atoms with Gasteiger partial charge in [0, 0.05) is 22.8 Å². The Bertz CT molecular complexity index is 1200. The third-order valence-corrected chi connectivity index (χ3v) is 6.91. The van der Waals surface area contributed by atoms with E-state index in [1.807, 2.05) is 18.2 Å². The second-order valence-electron chi connectivity index (χ2n) is 9.34. The minimum Gasteiger partial charge on any atom is -0.366 e. The molecule has 0 bridgehead atoms. The Labute approximate surface area is 199 Å². The first-order chi connectivity index (χ1) is 15.5. The van der Waals surface area contributed by atoms with E-state index in [4.69, 9.17) is 11.6 Å². The van der Waals surface area contributed by atoms with E-state index in [0.717, 1.165) is 34.7 Å².